The zero-order valence-corrected chi connectivity index (χ0v) is 68.8. The van der Waals surface area contributed by atoms with Crippen molar-refractivity contribution in [3.05, 3.63) is 23.8 Å². The molecule has 0 aromatic carbocycles. The van der Waals surface area contributed by atoms with E-state index >= 15 is 0 Å². The van der Waals surface area contributed by atoms with Gasteiger partial charge in [0, 0.05) is 49.9 Å². The van der Waals surface area contributed by atoms with Crippen LogP contribution in [0.5, 0.6) is 12.0 Å². The van der Waals surface area contributed by atoms with Crippen molar-refractivity contribution < 1.29 is 87.9 Å². The average molecular weight is 1560 g/mol. The Balaban J connectivity index is 2.03. The van der Waals surface area contributed by atoms with Crippen LogP contribution in [0.3, 0.4) is 0 Å². The van der Waals surface area contributed by atoms with Crippen molar-refractivity contribution in [1.29, 1.82) is 0 Å². The lowest BCUT2D eigenvalue weighted by Gasteiger charge is -2.39. The molecule has 0 amide bonds. The molecule has 634 valence electrons. The van der Waals surface area contributed by atoms with E-state index in [1.54, 1.807) is 0 Å². The number of carbonyl (C=O) groups excluding carboxylic acids is 8. The van der Waals surface area contributed by atoms with Crippen LogP contribution in [0.25, 0.3) is 0 Å². The van der Waals surface area contributed by atoms with E-state index in [0.717, 1.165) is 103 Å². The minimum Gasteiger partial charge on any atom is -0.425 e. The standard InChI is InChI=1S/C86H152N6O18/c1-5-9-13-17-21-25-29-33-37-41-45-49-53-57-73(95)85(105,74(96)58-54-50-46-42-38-34-30-26-22-18-14-10-6-2)83(103,67-93)109-79(101)71(87)63-69-65-89-81(91-69)107-77(99)61-62-78(100)108-82-90-66-70(92-82)64-72(88)80(102)110-84(104,68-94)86(106,75(97)59-55-51-47-43-39-35-31-27-23-19-15-11-7-3)76(98)60-56-52-48-44-40-36-32-28-24-20-16-12-8-4/h65-66,71-72,93-94,103-106H,5-64,67-68,87-88H2,1-4H3,(H,89,91)(H,90,92). The van der Waals surface area contributed by atoms with E-state index in [9.17, 15) is 69.0 Å². The van der Waals surface area contributed by atoms with Crippen molar-refractivity contribution in [3.63, 3.8) is 0 Å². The quantitative estimate of drug-likeness (QED) is 0.0127. The molecule has 0 bridgehead atoms. The number of nitrogens with zero attached hydrogens (tertiary/aromatic N) is 2. The number of nitrogens with two attached hydrogens (primary N) is 2. The monoisotopic (exact) mass is 1560 g/mol. The minimum atomic E-state index is -3.39. The van der Waals surface area contributed by atoms with Gasteiger partial charge in [0.2, 0.25) is 11.2 Å². The molecule has 24 nitrogen and oxygen atoms in total. The van der Waals surface area contributed by atoms with Gasteiger partial charge in [-0.3, -0.25) is 38.4 Å². The van der Waals surface area contributed by atoms with Crippen molar-refractivity contribution >= 4 is 47.0 Å². The molecule has 2 aromatic rings. The first-order valence-corrected chi connectivity index (χ1v) is 43.8. The molecule has 0 fully saturated rings. The fourth-order valence-electron chi connectivity index (χ4n) is 14.2. The second-order valence-electron chi connectivity index (χ2n) is 31.3. The number of aromatic nitrogens is 4. The third kappa shape index (κ3) is 41.6. The van der Waals surface area contributed by atoms with Gasteiger partial charge in [-0.25, -0.2) is 9.97 Å². The van der Waals surface area contributed by atoms with E-state index in [1.165, 1.54) is 192 Å². The van der Waals surface area contributed by atoms with Gasteiger partial charge in [0.25, 0.3) is 11.6 Å². The number of rotatable bonds is 77. The van der Waals surface area contributed by atoms with Crippen molar-refractivity contribution in [2.75, 3.05) is 13.2 Å². The van der Waals surface area contributed by atoms with Crippen LogP contribution in [0.4, 0.5) is 0 Å². The predicted octanol–water partition coefficient (Wildman–Crippen LogP) is 16.3. The fraction of sp³-hybridized carbons (Fsp3) is 0.837. The molecular formula is C86H152N6O18. The van der Waals surface area contributed by atoms with Crippen LogP contribution in [-0.2, 0) is 60.7 Å². The first-order valence-electron chi connectivity index (χ1n) is 43.8. The highest BCUT2D eigenvalue weighted by atomic mass is 16.7. The maximum atomic E-state index is 14.0. The van der Waals surface area contributed by atoms with E-state index in [4.69, 9.17) is 30.4 Å². The van der Waals surface area contributed by atoms with E-state index in [2.05, 4.69) is 47.6 Å². The number of aliphatic hydroxyl groups is 6. The number of ketones is 4. The van der Waals surface area contributed by atoms with Crippen LogP contribution < -0.4 is 20.9 Å². The highest BCUT2D eigenvalue weighted by Gasteiger charge is 2.63. The summed E-state index contributed by atoms with van der Waals surface area (Å²) in [5.74, 6) is -15.8. The molecule has 0 saturated carbocycles. The van der Waals surface area contributed by atoms with E-state index in [1.807, 2.05) is 0 Å². The molecule has 0 saturated heterocycles. The van der Waals surface area contributed by atoms with E-state index < -0.39 is 121 Å². The van der Waals surface area contributed by atoms with Crippen LogP contribution in [-0.4, -0.2) is 146 Å². The number of H-pyrrole nitrogens is 2. The number of carbonyl (C=O) groups is 8. The minimum absolute atomic E-state index is 0.111. The molecule has 0 aliphatic carbocycles. The van der Waals surface area contributed by atoms with Gasteiger partial charge in [-0.05, 0) is 25.7 Å². The molecule has 4 atom stereocenters. The fourth-order valence-corrected chi connectivity index (χ4v) is 14.2. The van der Waals surface area contributed by atoms with Gasteiger partial charge >= 0.3 is 35.9 Å². The number of ether oxygens (including phenoxy) is 4. The normalized spacial score (nSPS) is 13.5. The summed E-state index contributed by atoms with van der Waals surface area (Å²) in [4.78, 5) is 122. The lowest BCUT2D eigenvalue weighted by Crippen LogP contribution is -2.68. The summed E-state index contributed by atoms with van der Waals surface area (Å²) in [6, 6.07) is -4.01. The second kappa shape index (κ2) is 62.1. The van der Waals surface area contributed by atoms with Gasteiger partial charge < -0.3 is 71.0 Å². The summed E-state index contributed by atoms with van der Waals surface area (Å²) in [6.07, 6.45) is 53.2. The molecule has 4 unspecified atom stereocenters. The molecule has 2 aromatic heterocycles. The van der Waals surface area contributed by atoms with Crippen LogP contribution in [0.2, 0.25) is 0 Å². The summed E-state index contributed by atoms with van der Waals surface area (Å²) in [7, 11) is 0. The summed E-state index contributed by atoms with van der Waals surface area (Å²) in [5, 5.41) is 68.9. The van der Waals surface area contributed by atoms with Crippen LogP contribution in [0, 0.1) is 0 Å². The van der Waals surface area contributed by atoms with E-state index in [0.29, 0.717) is 25.7 Å². The number of hydrogen-bond acceptors (Lipinski definition) is 22. The van der Waals surface area contributed by atoms with Gasteiger partial charge in [0.15, 0.2) is 23.1 Å². The summed E-state index contributed by atoms with van der Waals surface area (Å²) < 4.78 is 21.1. The number of imidazole rings is 2. The largest absolute Gasteiger partial charge is 0.425 e. The Bertz CT molecular complexity index is 2510. The Kier molecular flexibility index (Phi) is 56.8. The SMILES string of the molecule is CCCCCCCCCCCCCCCC(=O)C(O)(C(=O)CCCCCCCCCCCCCCC)C(O)(CO)OC(=O)C(N)Cc1cnc(OC(=O)CCC(=O)Oc2ncc(CC(N)C(=O)OC(O)(CO)C(O)(C(=O)CCCCCCCCCCCCCCC)C(=O)CCCCCCCCCCCCCCC)[nH]2)[nH]1. The van der Waals surface area contributed by atoms with Crippen LogP contribution >= 0.6 is 0 Å². The van der Waals surface area contributed by atoms with E-state index in [-0.39, 0.29) is 74.8 Å². The Morgan fingerprint density at radius 1 is 0.327 bits per heavy atom. The van der Waals surface area contributed by atoms with Gasteiger partial charge in [0.1, 0.15) is 25.3 Å². The first kappa shape index (κ1) is 101. The highest BCUT2D eigenvalue weighted by Crippen LogP contribution is 2.34. The Morgan fingerprint density at radius 2 is 0.518 bits per heavy atom. The summed E-state index contributed by atoms with van der Waals surface area (Å²) in [5.41, 5.74) is 6.04. The number of nitrogens with one attached hydrogen (secondary N) is 2. The Hall–Kier alpha value is -5.34. The van der Waals surface area contributed by atoms with Crippen molar-refractivity contribution in [3.8, 4) is 12.0 Å². The molecule has 110 heavy (non-hydrogen) atoms. The zero-order chi connectivity index (χ0) is 81.0. The molecule has 12 N–H and O–H groups in total. The van der Waals surface area contributed by atoms with Gasteiger partial charge in [0.05, 0.1) is 25.2 Å². The molecule has 2 heterocycles. The second-order valence-corrected chi connectivity index (χ2v) is 31.3. The smallest absolute Gasteiger partial charge is 0.326 e. The summed E-state index contributed by atoms with van der Waals surface area (Å²) in [6.45, 7) is 5.80. The van der Waals surface area contributed by atoms with Gasteiger partial charge in [-0.1, -0.05) is 336 Å². The number of aromatic amines is 2. The third-order valence-electron chi connectivity index (χ3n) is 21.4. The number of hydrogen-bond donors (Lipinski definition) is 10. The number of unbranched alkanes of at least 4 members (excludes halogenated alkanes) is 48. The maximum Gasteiger partial charge on any atom is 0.326 e. The summed E-state index contributed by atoms with van der Waals surface area (Å²) >= 11 is 0. The van der Waals surface area contributed by atoms with Crippen molar-refractivity contribution in [2.24, 2.45) is 11.5 Å². The zero-order valence-electron chi connectivity index (χ0n) is 68.8. The van der Waals surface area contributed by atoms with Crippen molar-refractivity contribution in [2.45, 2.75) is 448 Å². The number of aliphatic hydroxyl groups excluding tert-OH is 2. The number of esters is 4. The highest BCUT2D eigenvalue weighted by molar-refractivity contribution is 6.12. The van der Waals surface area contributed by atoms with Gasteiger partial charge in [-0.2, -0.15) is 0 Å². The lowest BCUT2D eigenvalue weighted by molar-refractivity contribution is -0.282. The molecule has 0 radical (unpaired) electrons. The molecule has 2 rings (SSSR count). The first-order chi connectivity index (χ1) is 53.0. The Morgan fingerprint density at radius 3 is 0.709 bits per heavy atom. The molecule has 0 aliphatic rings. The molecule has 24 heteroatoms. The maximum absolute atomic E-state index is 14.0. The van der Waals surface area contributed by atoms with Crippen LogP contribution in [0.1, 0.15) is 411 Å². The third-order valence-corrected chi connectivity index (χ3v) is 21.4. The molecule has 0 aliphatic heterocycles. The average Bonchev–Trinajstić information content (AvgIpc) is 0.777. The molecule has 0 spiro atoms. The number of Topliss-reactive ketones (excluding diaryl/α,β-unsaturated/α-hetero) is 4. The van der Waals surface area contributed by atoms with Crippen molar-refractivity contribution in [1.82, 2.24) is 19.9 Å². The molecular weight excluding hydrogens is 1400 g/mol. The van der Waals surface area contributed by atoms with Gasteiger partial charge in [-0.15, -0.1) is 0 Å². The predicted molar refractivity (Wildman–Crippen MR) is 428 cm³/mol. The topological polar surface area (TPSA) is 404 Å². The lowest BCUT2D eigenvalue weighted by atomic mass is 9.80. The Labute approximate surface area is 660 Å². The van der Waals surface area contributed by atoms with Crippen LogP contribution in [0.15, 0.2) is 12.4 Å².